The van der Waals surface area contributed by atoms with Gasteiger partial charge in [0.1, 0.15) is 15.9 Å². The summed E-state index contributed by atoms with van der Waals surface area (Å²) in [4.78, 5) is 2.62. The van der Waals surface area contributed by atoms with Crippen molar-refractivity contribution in [2.45, 2.75) is 43.5 Å². The molecule has 0 spiro atoms. The molecule has 2 aromatic heterocycles. The van der Waals surface area contributed by atoms with Crippen molar-refractivity contribution < 1.29 is 8.42 Å². The highest BCUT2D eigenvalue weighted by Crippen LogP contribution is 2.38. The van der Waals surface area contributed by atoms with E-state index in [4.69, 9.17) is 0 Å². The average Bonchev–Trinajstić information content (AvgIpc) is 3.16. The topological polar surface area (TPSA) is 63.2 Å². The predicted molar refractivity (Wildman–Crippen MR) is 102 cm³/mol. The Morgan fingerprint density at radius 3 is 2.80 bits per heavy atom. The van der Waals surface area contributed by atoms with Crippen LogP contribution in [0.25, 0.3) is 11.0 Å². The zero-order chi connectivity index (χ0) is 17.4. The van der Waals surface area contributed by atoms with Gasteiger partial charge in [-0.05, 0) is 44.0 Å². The van der Waals surface area contributed by atoms with Crippen LogP contribution in [-0.2, 0) is 10.0 Å². The number of nitrogens with zero attached hydrogens (tertiary/aromatic N) is 3. The standard InChI is InChI=1S/C17H19N3O2S3/c1-12-9-10-15(23-12)14-7-3-2-4-11-20(14)25(21,22)16-8-5-6-13-17(16)19-24-18-13/h5-6,8-10,14H,2-4,7,11H2,1H3. The zero-order valence-electron chi connectivity index (χ0n) is 13.9. The van der Waals surface area contributed by atoms with E-state index in [-0.39, 0.29) is 10.9 Å². The lowest BCUT2D eigenvalue weighted by Gasteiger charge is -2.28. The van der Waals surface area contributed by atoms with E-state index in [1.165, 1.54) is 4.88 Å². The van der Waals surface area contributed by atoms with Crippen LogP contribution in [0.5, 0.6) is 0 Å². The average molecular weight is 394 g/mol. The lowest BCUT2D eigenvalue weighted by atomic mass is 10.1. The molecule has 0 saturated carbocycles. The van der Waals surface area contributed by atoms with Crippen LogP contribution < -0.4 is 0 Å². The molecule has 25 heavy (non-hydrogen) atoms. The van der Waals surface area contributed by atoms with Gasteiger partial charge in [0.25, 0.3) is 0 Å². The maximum atomic E-state index is 13.5. The summed E-state index contributed by atoms with van der Waals surface area (Å²) in [6, 6.07) is 9.26. The molecule has 1 fully saturated rings. The molecule has 0 bridgehead atoms. The fraction of sp³-hybridized carbons (Fsp3) is 0.412. The van der Waals surface area contributed by atoms with E-state index < -0.39 is 10.0 Å². The van der Waals surface area contributed by atoms with Gasteiger partial charge in [-0.1, -0.05) is 18.9 Å². The van der Waals surface area contributed by atoms with E-state index in [1.807, 2.05) is 0 Å². The third kappa shape index (κ3) is 3.12. The first-order chi connectivity index (χ1) is 12.1. The Labute approximate surface area is 155 Å². The Kier molecular flexibility index (Phi) is 4.61. The Morgan fingerprint density at radius 1 is 1.12 bits per heavy atom. The van der Waals surface area contributed by atoms with Gasteiger partial charge in [-0.2, -0.15) is 13.1 Å². The first-order valence-corrected chi connectivity index (χ1v) is 11.4. The Balaban J connectivity index is 1.82. The van der Waals surface area contributed by atoms with Crippen molar-refractivity contribution in [2.24, 2.45) is 0 Å². The van der Waals surface area contributed by atoms with Crippen LogP contribution in [0.1, 0.15) is 41.5 Å². The Bertz CT molecular complexity index is 993. The number of thiophene rings is 1. The lowest BCUT2D eigenvalue weighted by Crippen LogP contribution is -2.34. The van der Waals surface area contributed by atoms with Gasteiger partial charge in [-0.25, -0.2) is 8.42 Å². The van der Waals surface area contributed by atoms with Gasteiger partial charge in [-0.15, -0.1) is 11.3 Å². The summed E-state index contributed by atoms with van der Waals surface area (Å²) in [5.41, 5.74) is 1.13. The molecule has 0 N–H and O–H groups in total. The second-order valence-electron chi connectivity index (χ2n) is 6.32. The fourth-order valence-corrected chi connectivity index (χ4v) is 6.92. The van der Waals surface area contributed by atoms with Crippen LogP contribution in [0.3, 0.4) is 0 Å². The molecule has 1 atom stereocenters. The zero-order valence-corrected chi connectivity index (χ0v) is 16.3. The first-order valence-electron chi connectivity index (χ1n) is 8.37. The summed E-state index contributed by atoms with van der Waals surface area (Å²) in [5.74, 6) is 0. The first kappa shape index (κ1) is 17.1. The number of fused-ring (bicyclic) bond motifs is 1. The molecule has 3 heterocycles. The molecular weight excluding hydrogens is 374 g/mol. The van der Waals surface area contributed by atoms with Crippen LogP contribution in [-0.4, -0.2) is 28.0 Å². The summed E-state index contributed by atoms with van der Waals surface area (Å²) >= 11 is 2.75. The van der Waals surface area contributed by atoms with Gasteiger partial charge in [0.15, 0.2) is 0 Å². The molecule has 0 aliphatic carbocycles. The SMILES string of the molecule is Cc1ccc(C2CCCCCN2S(=O)(=O)c2cccc3nsnc23)s1. The van der Waals surface area contributed by atoms with E-state index in [0.717, 1.165) is 42.3 Å². The van der Waals surface area contributed by atoms with Crippen LogP contribution in [0.4, 0.5) is 0 Å². The molecule has 1 unspecified atom stereocenters. The summed E-state index contributed by atoms with van der Waals surface area (Å²) in [7, 11) is -3.63. The largest absolute Gasteiger partial charge is 0.245 e. The summed E-state index contributed by atoms with van der Waals surface area (Å²) in [6.07, 6.45) is 3.88. The number of rotatable bonds is 3. The van der Waals surface area contributed by atoms with Crippen LogP contribution >= 0.6 is 23.1 Å². The van der Waals surface area contributed by atoms with Crippen LogP contribution in [0.15, 0.2) is 35.2 Å². The lowest BCUT2D eigenvalue weighted by molar-refractivity contribution is 0.333. The number of aryl methyl sites for hydroxylation is 1. The molecule has 1 saturated heterocycles. The minimum absolute atomic E-state index is 0.0898. The van der Waals surface area contributed by atoms with Crippen molar-refractivity contribution in [1.82, 2.24) is 13.1 Å². The molecule has 4 rings (SSSR count). The van der Waals surface area contributed by atoms with Crippen molar-refractivity contribution >= 4 is 44.1 Å². The van der Waals surface area contributed by atoms with Gasteiger partial charge in [0.2, 0.25) is 10.0 Å². The van der Waals surface area contributed by atoms with Crippen LogP contribution in [0, 0.1) is 6.92 Å². The Morgan fingerprint density at radius 2 is 2.00 bits per heavy atom. The van der Waals surface area contributed by atoms with Gasteiger partial charge in [-0.3, -0.25) is 0 Å². The van der Waals surface area contributed by atoms with E-state index in [1.54, 1.807) is 33.8 Å². The third-order valence-corrected chi connectivity index (χ3v) is 8.21. The quantitative estimate of drug-likeness (QED) is 0.663. The highest BCUT2D eigenvalue weighted by Gasteiger charge is 2.35. The molecule has 1 aromatic carbocycles. The van der Waals surface area contributed by atoms with E-state index in [2.05, 4.69) is 27.8 Å². The molecule has 1 aliphatic rings. The van der Waals surface area contributed by atoms with Crippen LogP contribution in [0.2, 0.25) is 0 Å². The molecule has 132 valence electrons. The van der Waals surface area contributed by atoms with Crippen molar-refractivity contribution in [3.63, 3.8) is 0 Å². The van der Waals surface area contributed by atoms with E-state index in [0.29, 0.717) is 17.6 Å². The van der Waals surface area contributed by atoms with Gasteiger partial charge >= 0.3 is 0 Å². The monoisotopic (exact) mass is 393 g/mol. The second kappa shape index (κ2) is 6.75. The minimum atomic E-state index is -3.63. The minimum Gasteiger partial charge on any atom is -0.207 e. The van der Waals surface area contributed by atoms with Crippen molar-refractivity contribution in [3.8, 4) is 0 Å². The molecule has 3 aromatic rings. The van der Waals surface area contributed by atoms with E-state index >= 15 is 0 Å². The summed E-state index contributed by atoms with van der Waals surface area (Å²) in [6.45, 7) is 2.61. The highest BCUT2D eigenvalue weighted by molar-refractivity contribution is 7.89. The Hall–Kier alpha value is -1.35. The highest BCUT2D eigenvalue weighted by atomic mass is 32.2. The van der Waals surface area contributed by atoms with Crippen molar-refractivity contribution in [3.05, 3.63) is 40.1 Å². The number of hydrogen-bond acceptors (Lipinski definition) is 6. The third-order valence-electron chi connectivity index (χ3n) is 4.63. The van der Waals surface area contributed by atoms with E-state index in [9.17, 15) is 8.42 Å². The van der Waals surface area contributed by atoms with Crippen molar-refractivity contribution in [1.29, 1.82) is 0 Å². The number of benzene rings is 1. The smallest absolute Gasteiger partial charge is 0.207 e. The maximum Gasteiger partial charge on any atom is 0.245 e. The number of sulfonamides is 1. The summed E-state index contributed by atoms with van der Waals surface area (Å²) in [5, 5.41) is 0. The molecular formula is C17H19N3O2S3. The molecule has 5 nitrogen and oxygen atoms in total. The number of hydrogen-bond donors (Lipinski definition) is 0. The molecule has 8 heteroatoms. The second-order valence-corrected chi connectivity index (χ2v) is 10.0. The maximum absolute atomic E-state index is 13.5. The summed E-state index contributed by atoms with van der Waals surface area (Å²) < 4.78 is 37.1. The van der Waals surface area contributed by atoms with Crippen molar-refractivity contribution in [2.75, 3.05) is 6.54 Å². The molecule has 0 amide bonds. The fourth-order valence-electron chi connectivity index (χ4n) is 3.40. The predicted octanol–water partition coefficient (Wildman–Crippen LogP) is 4.37. The normalized spacial score (nSPS) is 20.0. The molecule has 0 radical (unpaired) electrons. The van der Waals surface area contributed by atoms with Gasteiger partial charge in [0.05, 0.1) is 17.8 Å². The molecule has 1 aliphatic heterocycles. The van der Waals surface area contributed by atoms with Gasteiger partial charge < -0.3 is 0 Å². The van der Waals surface area contributed by atoms with Gasteiger partial charge in [0, 0.05) is 16.3 Å². The number of aromatic nitrogens is 2.